The maximum atomic E-state index is 11.3. The van der Waals surface area contributed by atoms with Gasteiger partial charge < -0.3 is 5.41 Å². The predicted octanol–water partition coefficient (Wildman–Crippen LogP) is 4.42. The van der Waals surface area contributed by atoms with E-state index in [9.17, 15) is 4.79 Å². The van der Waals surface area contributed by atoms with E-state index in [1.54, 1.807) is 6.08 Å². The second-order valence-electron chi connectivity index (χ2n) is 4.49. The first kappa shape index (κ1) is 17.0. The van der Waals surface area contributed by atoms with Gasteiger partial charge in [-0.1, -0.05) is 42.5 Å². The molecule has 0 amide bonds. The largest absolute Gasteiger partial charge is 0.312 e. The van der Waals surface area contributed by atoms with Crippen LogP contribution in [0.3, 0.4) is 0 Å². The van der Waals surface area contributed by atoms with E-state index in [0.29, 0.717) is 0 Å². The van der Waals surface area contributed by atoms with Gasteiger partial charge in [0.15, 0.2) is 0 Å². The Labute approximate surface area is 116 Å². The van der Waals surface area contributed by atoms with Crippen molar-refractivity contribution in [2.75, 3.05) is 0 Å². The van der Waals surface area contributed by atoms with Crippen molar-refractivity contribution in [2.24, 2.45) is 5.92 Å². The van der Waals surface area contributed by atoms with Crippen LogP contribution in [0.15, 0.2) is 60.3 Å². The van der Waals surface area contributed by atoms with E-state index in [1.165, 1.54) is 6.92 Å². The molecule has 19 heavy (non-hydrogen) atoms. The highest BCUT2D eigenvalue weighted by atomic mass is 16.1. The molecule has 0 rings (SSSR count). The number of allylic oxidation sites excluding steroid dienone is 8. The Bertz CT molecular complexity index is 450. The van der Waals surface area contributed by atoms with Crippen LogP contribution >= 0.6 is 0 Å². The van der Waals surface area contributed by atoms with Crippen LogP contribution in [0.25, 0.3) is 0 Å². The summed E-state index contributed by atoms with van der Waals surface area (Å²) in [6.45, 7) is 13.0. The van der Waals surface area contributed by atoms with Crippen molar-refractivity contribution < 1.29 is 4.79 Å². The van der Waals surface area contributed by atoms with E-state index >= 15 is 0 Å². The Balaban J connectivity index is 4.86. The fourth-order valence-corrected chi connectivity index (χ4v) is 1.45. The lowest BCUT2D eigenvalue weighted by molar-refractivity contribution is -0.117. The van der Waals surface area contributed by atoms with Gasteiger partial charge in [0, 0.05) is 6.21 Å². The number of hydrogen-bond donors (Lipinski definition) is 1. The molecule has 0 bridgehead atoms. The first-order chi connectivity index (χ1) is 8.92. The Morgan fingerprint density at radius 2 is 1.95 bits per heavy atom. The van der Waals surface area contributed by atoms with Gasteiger partial charge in [-0.15, -0.1) is 6.58 Å². The molecule has 0 aliphatic rings. The quantitative estimate of drug-likeness (QED) is 0.390. The molecule has 0 radical (unpaired) electrons. The highest BCUT2D eigenvalue weighted by molar-refractivity contribution is 5.94. The molecule has 1 atom stereocenters. The molecule has 2 heteroatoms. The summed E-state index contributed by atoms with van der Waals surface area (Å²) in [6, 6.07) is 0. The zero-order valence-electron chi connectivity index (χ0n) is 12.1. The zero-order chi connectivity index (χ0) is 14.8. The minimum absolute atomic E-state index is 0.0336. The summed E-state index contributed by atoms with van der Waals surface area (Å²) >= 11 is 0. The van der Waals surface area contributed by atoms with Crippen LogP contribution in [0.5, 0.6) is 0 Å². The van der Waals surface area contributed by atoms with Crippen LogP contribution in [-0.4, -0.2) is 12.0 Å². The molecule has 0 aromatic carbocycles. The minimum atomic E-state index is -0.457. The zero-order valence-corrected chi connectivity index (χ0v) is 12.1. The van der Waals surface area contributed by atoms with Crippen molar-refractivity contribution in [3.63, 3.8) is 0 Å². The van der Waals surface area contributed by atoms with Crippen molar-refractivity contribution in [1.82, 2.24) is 0 Å². The number of carbonyl (C=O) groups is 1. The lowest BCUT2D eigenvalue weighted by Crippen LogP contribution is -2.09. The second kappa shape index (κ2) is 9.03. The summed E-state index contributed by atoms with van der Waals surface area (Å²) in [6.07, 6.45) is 11.6. The second-order valence-corrected chi connectivity index (χ2v) is 4.49. The first-order valence-electron chi connectivity index (χ1n) is 6.26. The van der Waals surface area contributed by atoms with Crippen LogP contribution < -0.4 is 0 Å². The Morgan fingerprint density at radius 3 is 2.42 bits per heavy atom. The third kappa shape index (κ3) is 7.14. The topological polar surface area (TPSA) is 40.9 Å². The number of carbonyl (C=O) groups excluding carboxylic acids is 1. The average Bonchev–Trinajstić information content (AvgIpc) is 2.35. The SMILES string of the molecule is C=CC/C=C\C(C)=C/C(=C)/C(C)=C/C(C=N)C(C)=O. The van der Waals surface area contributed by atoms with Gasteiger partial charge in [-0.25, -0.2) is 0 Å². The van der Waals surface area contributed by atoms with Crippen molar-refractivity contribution >= 4 is 12.0 Å². The molecule has 0 aromatic rings. The summed E-state index contributed by atoms with van der Waals surface area (Å²) in [4.78, 5) is 11.3. The molecule has 2 nitrogen and oxygen atoms in total. The third-order valence-electron chi connectivity index (χ3n) is 2.67. The molecule has 0 spiro atoms. The lowest BCUT2D eigenvalue weighted by atomic mass is 9.99. The minimum Gasteiger partial charge on any atom is -0.312 e. The smallest absolute Gasteiger partial charge is 0.141 e. The van der Waals surface area contributed by atoms with Crippen LogP contribution in [0.1, 0.15) is 27.2 Å². The lowest BCUT2D eigenvalue weighted by Gasteiger charge is -2.06. The normalized spacial score (nSPS) is 14.3. The number of nitrogens with one attached hydrogen (secondary N) is 1. The molecule has 0 aromatic heterocycles. The molecular formula is C17H23NO. The van der Waals surface area contributed by atoms with Gasteiger partial charge in [0.05, 0.1) is 5.92 Å². The van der Waals surface area contributed by atoms with Crippen molar-refractivity contribution in [1.29, 1.82) is 5.41 Å². The third-order valence-corrected chi connectivity index (χ3v) is 2.67. The van der Waals surface area contributed by atoms with Crippen molar-refractivity contribution in [3.8, 4) is 0 Å². The molecule has 0 fully saturated rings. The maximum absolute atomic E-state index is 11.3. The highest BCUT2D eigenvalue weighted by Gasteiger charge is 2.08. The number of ketones is 1. The molecule has 0 aliphatic carbocycles. The van der Waals surface area contributed by atoms with Gasteiger partial charge in [0.2, 0.25) is 0 Å². The van der Waals surface area contributed by atoms with Gasteiger partial charge in [-0.2, -0.15) is 0 Å². The summed E-state index contributed by atoms with van der Waals surface area (Å²) in [5.41, 5.74) is 2.86. The highest BCUT2D eigenvalue weighted by Crippen LogP contribution is 2.14. The number of rotatable bonds is 8. The fourth-order valence-electron chi connectivity index (χ4n) is 1.45. The molecule has 0 heterocycles. The van der Waals surface area contributed by atoms with Gasteiger partial charge in [-0.05, 0) is 38.3 Å². The molecule has 0 aliphatic heterocycles. The summed E-state index contributed by atoms with van der Waals surface area (Å²) in [5.74, 6) is -0.490. The first-order valence-corrected chi connectivity index (χ1v) is 6.26. The monoisotopic (exact) mass is 257 g/mol. The van der Waals surface area contributed by atoms with E-state index in [4.69, 9.17) is 5.41 Å². The number of Topliss-reactive ketones (excluding diaryl/α,β-unsaturated/α-hetero) is 1. The molecule has 0 saturated heterocycles. The van der Waals surface area contributed by atoms with E-state index in [-0.39, 0.29) is 5.78 Å². The summed E-state index contributed by atoms with van der Waals surface area (Å²) in [5, 5.41) is 7.22. The number of hydrogen-bond acceptors (Lipinski definition) is 2. The average molecular weight is 257 g/mol. The van der Waals surface area contributed by atoms with E-state index < -0.39 is 5.92 Å². The molecular weight excluding hydrogens is 234 g/mol. The summed E-state index contributed by atoms with van der Waals surface area (Å²) < 4.78 is 0. The molecule has 102 valence electrons. The van der Waals surface area contributed by atoms with Crippen LogP contribution in [0, 0.1) is 11.3 Å². The van der Waals surface area contributed by atoms with E-state index in [2.05, 4.69) is 13.2 Å². The van der Waals surface area contributed by atoms with Gasteiger partial charge in [-0.3, -0.25) is 4.79 Å². The van der Waals surface area contributed by atoms with Gasteiger partial charge >= 0.3 is 0 Å². The summed E-state index contributed by atoms with van der Waals surface area (Å²) in [7, 11) is 0. The molecule has 1 N–H and O–H groups in total. The molecule has 1 unspecified atom stereocenters. The van der Waals surface area contributed by atoms with Crippen LogP contribution in [0.2, 0.25) is 0 Å². The molecule has 0 saturated carbocycles. The van der Waals surface area contributed by atoms with Crippen LogP contribution in [0.4, 0.5) is 0 Å². The Kier molecular flexibility index (Phi) is 8.10. The fraction of sp³-hybridized carbons (Fsp3) is 0.294. The standard InChI is InChI=1S/C17H23NO/c1-6-7-8-9-13(2)10-14(3)15(4)11-17(12-18)16(5)19/h6,8-12,17-18H,1,3,7H2,2,4-5H3/b9-8-,13-10-,15-11+,18-12?. The van der Waals surface area contributed by atoms with E-state index in [1.807, 2.05) is 38.2 Å². The van der Waals surface area contributed by atoms with Crippen molar-refractivity contribution in [3.05, 3.63) is 60.3 Å². The van der Waals surface area contributed by atoms with Gasteiger partial charge in [0.25, 0.3) is 0 Å². The van der Waals surface area contributed by atoms with E-state index in [0.717, 1.165) is 29.4 Å². The van der Waals surface area contributed by atoms with Crippen molar-refractivity contribution in [2.45, 2.75) is 27.2 Å². The van der Waals surface area contributed by atoms with Crippen LogP contribution in [-0.2, 0) is 4.79 Å². The van der Waals surface area contributed by atoms with Gasteiger partial charge in [0.1, 0.15) is 5.78 Å². The Hall–Kier alpha value is -1.96. The maximum Gasteiger partial charge on any atom is 0.141 e. The Morgan fingerprint density at radius 1 is 1.32 bits per heavy atom. The predicted molar refractivity (Wildman–Crippen MR) is 83.6 cm³/mol.